The summed E-state index contributed by atoms with van der Waals surface area (Å²) in [4.78, 5) is 0.271. The van der Waals surface area contributed by atoms with E-state index in [0.29, 0.717) is 13.1 Å². The Hall–Kier alpha value is -1.40. The molecule has 0 saturated carbocycles. The van der Waals surface area contributed by atoms with Gasteiger partial charge in [-0.1, -0.05) is 13.8 Å². The van der Waals surface area contributed by atoms with Crippen LogP contribution in [0.5, 0.6) is 0 Å². The minimum atomic E-state index is -3.42. The Labute approximate surface area is 121 Å². The van der Waals surface area contributed by atoms with Gasteiger partial charge in [0, 0.05) is 32.5 Å². The highest BCUT2D eigenvalue weighted by molar-refractivity contribution is 7.89. The van der Waals surface area contributed by atoms with E-state index in [0.717, 1.165) is 10.3 Å². The maximum absolute atomic E-state index is 12.3. The number of rotatable bonds is 6. The topological polar surface area (TPSA) is 60.6 Å². The quantitative estimate of drug-likeness (QED) is 0.378. The molecular formula is C14H23N2O3S+. The minimum Gasteiger partial charge on any atom is -0.291 e. The summed E-state index contributed by atoms with van der Waals surface area (Å²) in [6.45, 7) is 8.24. The Morgan fingerprint density at radius 3 is 2.10 bits per heavy atom. The number of nitrogens with zero attached hydrogens (tertiary/aromatic N) is 2. The lowest BCUT2D eigenvalue weighted by Gasteiger charge is -2.18. The molecule has 20 heavy (non-hydrogen) atoms. The smallest absolute Gasteiger partial charge is 0.243 e. The van der Waals surface area contributed by atoms with E-state index >= 15 is 0 Å². The van der Waals surface area contributed by atoms with Gasteiger partial charge in [0.1, 0.15) is 0 Å². The minimum absolute atomic E-state index is 0.0333. The Balaban J connectivity index is 3.06. The second kappa shape index (κ2) is 6.85. The normalized spacial score (nSPS) is 13.2. The summed E-state index contributed by atoms with van der Waals surface area (Å²) in [6, 6.07) is 6.46. The lowest BCUT2D eigenvalue weighted by molar-refractivity contribution is -0.791. The molecule has 0 bridgehead atoms. The van der Waals surface area contributed by atoms with Crippen LogP contribution in [0.2, 0.25) is 0 Å². The Kier molecular flexibility index (Phi) is 5.71. The molecule has 0 spiro atoms. The molecular weight excluding hydrogens is 276 g/mol. The zero-order chi connectivity index (χ0) is 15.3. The van der Waals surface area contributed by atoms with E-state index in [4.69, 9.17) is 0 Å². The van der Waals surface area contributed by atoms with Crippen molar-refractivity contribution in [2.45, 2.75) is 38.6 Å². The summed E-state index contributed by atoms with van der Waals surface area (Å²) in [7, 11) is -3.42. The van der Waals surface area contributed by atoms with Gasteiger partial charge in [0.15, 0.2) is 6.04 Å². The van der Waals surface area contributed by atoms with Crippen molar-refractivity contribution in [3.63, 3.8) is 0 Å². The van der Waals surface area contributed by atoms with Crippen LogP contribution < -0.4 is 0 Å². The van der Waals surface area contributed by atoms with E-state index in [2.05, 4.69) is 0 Å². The third-order valence-electron chi connectivity index (χ3n) is 3.03. The van der Waals surface area contributed by atoms with Gasteiger partial charge in [-0.05, 0) is 29.0 Å². The number of sulfonamides is 1. The van der Waals surface area contributed by atoms with Crippen LogP contribution >= 0.6 is 0 Å². The molecule has 5 nitrogen and oxygen atoms in total. The van der Waals surface area contributed by atoms with Crippen LogP contribution in [0, 0.1) is 0 Å². The van der Waals surface area contributed by atoms with Crippen molar-refractivity contribution in [2.24, 2.45) is 0 Å². The first-order chi connectivity index (χ1) is 9.32. The van der Waals surface area contributed by atoms with Crippen molar-refractivity contribution in [1.82, 2.24) is 4.31 Å². The van der Waals surface area contributed by atoms with Crippen molar-refractivity contribution < 1.29 is 18.4 Å². The van der Waals surface area contributed by atoms with Gasteiger partial charge < -0.3 is 0 Å². The van der Waals surface area contributed by atoms with Crippen LogP contribution in [0.1, 0.15) is 33.3 Å². The van der Waals surface area contributed by atoms with E-state index in [1.54, 1.807) is 30.5 Å². The first-order valence-corrected chi connectivity index (χ1v) is 8.19. The fraction of sp³-hybridized carbons (Fsp3) is 0.500. The molecule has 0 fully saturated rings. The third-order valence-corrected chi connectivity index (χ3v) is 5.10. The highest BCUT2D eigenvalue weighted by Gasteiger charge is 2.21. The van der Waals surface area contributed by atoms with E-state index in [-0.39, 0.29) is 10.9 Å². The first-order valence-electron chi connectivity index (χ1n) is 6.75. The molecule has 1 N–H and O–H groups in total. The predicted octanol–water partition coefficient (Wildman–Crippen LogP) is 1.95. The average Bonchev–Trinajstić information content (AvgIpc) is 2.40. The lowest BCUT2D eigenvalue weighted by atomic mass is 10.2. The predicted molar refractivity (Wildman–Crippen MR) is 78.9 cm³/mol. The van der Waals surface area contributed by atoms with Gasteiger partial charge in [0.25, 0.3) is 0 Å². The zero-order valence-electron chi connectivity index (χ0n) is 12.4. The average molecular weight is 299 g/mol. The summed E-state index contributed by atoms with van der Waals surface area (Å²) >= 11 is 0. The Morgan fingerprint density at radius 1 is 1.20 bits per heavy atom. The highest BCUT2D eigenvalue weighted by Crippen LogP contribution is 2.15. The van der Waals surface area contributed by atoms with Crippen LogP contribution in [0.15, 0.2) is 29.2 Å². The maximum atomic E-state index is 12.3. The number of hydroxylamine groups is 1. The summed E-state index contributed by atoms with van der Waals surface area (Å²) < 4.78 is 27.1. The number of hydrogen-bond acceptors (Lipinski definition) is 3. The second-order valence-electron chi connectivity index (χ2n) is 4.76. The van der Waals surface area contributed by atoms with Crippen molar-refractivity contribution >= 4 is 16.2 Å². The van der Waals surface area contributed by atoms with Gasteiger partial charge in [0.2, 0.25) is 16.2 Å². The van der Waals surface area contributed by atoms with Gasteiger partial charge in [-0.25, -0.2) is 8.42 Å². The zero-order valence-corrected chi connectivity index (χ0v) is 13.3. The molecule has 6 heteroatoms. The Morgan fingerprint density at radius 2 is 1.70 bits per heavy atom. The Bertz CT molecular complexity index is 559. The summed E-state index contributed by atoms with van der Waals surface area (Å²) in [5, 5.41) is 9.62. The van der Waals surface area contributed by atoms with Gasteiger partial charge in [-0.2, -0.15) is 4.31 Å². The first kappa shape index (κ1) is 16.7. The van der Waals surface area contributed by atoms with Crippen molar-refractivity contribution in [3.05, 3.63) is 29.8 Å². The van der Waals surface area contributed by atoms with E-state index < -0.39 is 10.0 Å². The molecule has 1 aromatic rings. The summed E-state index contributed by atoms with van der Waals surface area (Å²) in [5.41, 5.74) is 0.750. The molecule has 112 valence electrons. The highest BCUT2D eigenvalue weighted by atomic mass is 32.2. The fourth-order valence-electron chi connectivity index (χ4n) is 1.74. The van der Waals surface area contributed by atoms with Gasteiger partial charge in [-0.15, -0.1) is 0 Å². The summed E-state index contributed by atoms with van der Waals surface area (Å²) in [5.74, 6) is 0. The number of hydrogen-bond donors (Lipinski definition) is 1. The molecule has 0 aromatic heterocycles. The van der Waals surface area contributed by atoms with E-state index in [1.165, 1.54) is 4.31 Å². The van der Waals surface area contributed by atoms with Crippen LogP contribution in [-0.4, -0.2) is 48.0 Å². The molecule has 0 amide bonds. The van der Waals surface area contributed by atoms with Crippen molar-refractivity contribution in [2.75, 3.05) is 13.1 Å². The van der Waals surface area contributed by atoms with E-state index in [9.17, 15) is 13.6 Å². The lowest BCUT2D eigenvalue weighted by Crippen LogP contribution is -2.30. The SMILES string of the molecule is CCN(CC)S(=O)(=O)c1ccc(/C=[N+](\O)C(C)C)cc1. The molecule has 0 atom stereocenters. The van der Waals surface area contributed by atoms with Crippen LogP contribution in [0.4, 0.5) is 0 Å². The largest absolute Gasteiger partial charge is 0.291 e. The molecule has 1 rings (SSSR count). The molecule has 0 unspecified atom stereocenters. The molecule has 1 aromatic carbocycles. The molecule has 0 radical (unpaired) electrons. The number of benzene rings is 1. The molecule has 0 aliphatic rings. The maximum Gasteiger partial charge on any atom is 0.243 e. The monoisotopic (exact) mass is 299 g/mol. The fourth-order valence-corrected chi connectivity index (χ4v) is 3.20. The van der Waals surface area contributed by atoms with Gasteiger partial charge in [0.05, 0.1) is 4.90 Å². The molecule has 0 saturated heterocycles. The standard InChI is InChI=1S/C14H23N2O3S/c1-5-15(6-2)20(18,19)14-9-7-13(8-10-14)11-16(17)12(3)4/h7-12,17H,5-6H2,1-4H3/q+1/b16-11-. The molecule has 0 heterocycles. The molecule has 0 aliphatic heterocycles. The van der Waals surface area contributed by atoms with Crippen LogP contribution in [0.3, 0.4) is 0 Å². The van der Waals surface area contributed by atoms with E-state index in [1.807, 2.05) is 27.7 Å². The van der Waals surface area contributed by atoms with Crippen molar-refractivity contribution in [1.29, 1.82) is 0 Å². The van der Waals surface area contributed by atoms with Crippen LogP contribution in [-0.2, 0) is 10.0 Å². The van der Waals surface area contributed by atoms with Gasteiger partial charge >= 0.3 is 0 Å². The van der Waals surface area contributed by atoms with Gasteiger partial charge in [-0.3, -0.25) is 5.21 Å². The second-order valence-corrected chi connectivity index (χ2v) is 6.70. The third kappa shape index (κ3) is 3.80. The van der Waals surface area contributed by atoms with Crippen molar-refractivity contribution in [3.8, 4) is 0 Å². The molecule has 0 aliphatic carbocycles. The van der Waals surface area contributed by atoms with Crippen LogP contribution in [0.25, 0.3) is 0 Å². The summed E-state index contributed by atoms with van der Waals surface area (Å²) in [6.07, 6.45) is 1.57.